The summed E-state index contributed by atoms with van der Waals surface area (Å²) in [7, 11) is 0. The third-order valence-electron chi connectivity index (χ3n) is 3.74. The topological polar surface area (TPSA) is 35.2 Å². The van der Waals surface area contributed by atoms with Crippen LogP contribution in [0.25, 0.3) is 11.1 Å². The van der Waals surface area contributed by atoms with Crippen LogP contribution in [0.3, 0.4) is 0 Å². The SMILES string of the molecule is Cc1cc2c(c(-c3ccccc3C)c1)O[C@H](CN)C2. The van der Waals surface area contributed by atoms with Gasteiger partial charge in [-0.1, -0.05) is 30.3 Å². The molecule has 0 saturated heterocycles. The Balaban J connectivity index is 2.16. The largest absolute Gasteiger partial charge is 0.488 e. The maximum atomic E-state index is 6.03. The van der Waals surface area contributed by atoms with Gasteiger partial charge in [-0.25, -0.2) is 0 Å². The molecule has 1 atom stereocenters. The summed E-state index contributed by atoms with van der Waals surface area (Å²) in [6.45, 7) is 4.85. The average Bonchev–Trinajstić information content (AvgIpc) is 2.81. The number of rotatable bonds is 2. The number of ether oxygens (including phenoxy) is 1. The van der Waals surface area contributed by atoms with Gasteiger partial charge in [0, 0.05) is 18.5 Å². The monoisotopic (exact) mass is 253 g/mol. The van der Waals surface area contributed by atoms with Crippen molar-refractivity contribution in [3.05, 3.63) is 53.1 Å². The zero-order valence-corrected chi connectivity index (χ0v) is 11.4. The van der Waals surface area contributed by atoms with E-state index in [9.17, 15) is 0 Å². The van der Waals surface area contributed by atoms with Crippen LogP contribution in [0.15, 0.2) is 36.4 Å². The summed E-state index contributed by atoms with van der Waals surface area (Å²) < 4.78 is 6.03. The molecule has 0 bridgehead atoms. The van der Waals surface area contributed by atoms with E-state index in [0.29, 0.717) is 6.54 Å². The van der Waals surface area contributed by atoms with Gasteiger partial charge in [-0.05, 0) is 42.2 Å². The van der Waals surface area contributed by atoms with Crippen molar-refractivity contribution in [2.45, 2.75) is 26.4 Å². The van der Waals surface area contributed by atoms with E-state index in [-0.39, 0.29) is 6.10 Å². The maximum Gasteiger partial charge on any atom is 0.130 e. The van der Waals surface area contributed by atoms with Crippen LogP contribution >= 0.6 is 0 Å². The number of hydrogen-bond donors (Lipinski definition) is 1. The zero-order chi connectivity index (χ0) is 13.4. The van der Waals surface area contributed by atoms with Crippen molar-refractivity contribution in [2.24, 2.45) is 5.73 Å². The van der Waals surface area contributed by atoms with Gasteiger partial charge in [-0.2, -0.15) is 0 Å². The quantitative estimate of drug-likeness (QED) is 0.891. The fourth-order valence-corrected chi connectivity index (χ4v) is 2.80. The molecule has 2 aromatic carbocycles. The molecule has 0 aromatic heterocycles. The highest BCUT2D eigenvalue weighted by Crippen LogP contribution is 2.40. The minimum absolute atomic E-state index is 0.125. The van der Waals surface area contributed by atoms with E-state index in [2.05, 4.69) is 50.2 Å². The van der Waals surface area contributed by atoms with E-state index in [4.69, 9.17) is 10.5 Å². The average molecular weight is 253 g/mol. The Bertz CT molecular complexity index is 619. The van der Waals surface area contributed by atoms with Crippen LogP contribution in [0, 0.1) is 13.8 Å². The Labute approximate surface area is 114 Å². The lowest BCUT2D eigenvalue weighted by Crippen LogP contribution is -2.24. The second-order valence-electron chi connectivity index (χ2n) is 5.30. The van der Waals surface area contributed by atoms with Crippen LogP contribution in [0.4, 0.5) is 0 Å². The summed E-state index contributed by atoms with van der Waals surface area (Å²) in [6, 6.07) is 12.9. The molecule has 2 aromatic rings. The molecule has 0 spiro atoms. The third kappa shape index (κ3) is 2.13. The Morgan fingerprint density at radius 3 is 2.68 bits per heavy atom. The van der Waals surface area contributed by atoms with E-state index in [0.717, 1.165) is 12.2 Å². The highest BCUT2D eigenvalue weighted by Gasteiger charge is 2.25. The first-order valence-electron chi connectivity index (χ1n) is 6.75. The lowest BCUT2D eigenvalue weighted by Gasteiger charge is -2.13. The van der Waals surface area contributed by atoms with E-state index >= 15 is 0 Å². The summed E-state index contributed by atoms with van der Waals surface area (Å²) in [5, 5.41) is 0. The Morgan fingerprint density at radius 2 is 1.95 bits per heavy atom. The van der Waals surface area contributed by atoms with E-state index in [1.54, 1.807) is 0 Å². The Kier molecular flexibility index (Phi) is 3.03. The standard InChI is InChI=1S/C17H19NO/c1-11-7-13-9-14(10-18)19-17(13)16(8-11)15-6-4-3-5-12(15)2/h3-8,14H,9-10,18H2,1-2H3/t14-/m0/s1. The van der Waals surface area contributed by atoms with Gasteiger partial charge in [0.25, 0.3) is 0 Å². The fraction of sp³-hybridized carbons (Fsp3) is 0.294. The van der Waals surface area contributed by atoms with Crippen LogP contribution < -0.4 is 10.5 Å². The number of hydrogen-bond acceptors (Lipinski definition) is 2. The molecule has 0 radical (unpaired) electrons. The number of fused-ring (bicyclic) bond motifs is 1. The van der Waals surface area contributed by atoms with Gasteiger partial charge in [0.1, 0.15) is 11.9 Å². The van der Waals surface area contributed by atoms with Gasteiger partial charge < -0.3 is 10.5 Å². The van der Waals surface area contributed by atoms with Crippen LogP contribution in [0.5, 0.6) is 5.75 Å². The van der Waals surface area contributed by atoms with Gasteiger partial charge in [0.2, 0.25) is 0 Å². The van der Waals surface area contributed by atoms with Gasteiger partial charge in [0.15, 0.2) is 0 Å². The first kappa shape index (κ1) is 12.2. The molecule has 2 nitrogen and oxygen atoms in total. The summed E-state index contributed by atoms with van der Waals surface area (Å²) in [6.07, 6.45) is 1.05. The van der Waals surface area contributed by atoms with Crippen LogP contribution in [-0.2, 0) is 6.42 Å². The molecule has 2 heteroatoms. The summed E-state index contributed by atoms with van der Waals surface area (Å²) in [5.74, 6) is 1.02. The van der Waals surface area contributed by atoms with Gasteiger partial charge in [-0.3, -0.25) is 0 Å². The van der Waals surface area contributed by atoms with Gasteiger partial charge in [0.05, 0.1) is 0 Å². The van der Waals surface area contributed by atoms with E-state index < -0.39 is 0 Å². The lowest BCUT2D eigenvalue weighted by molar-refractivity contribution is 0.242. The molecule has 0 fully saturated rings. The van der Waals surface area contributed by atoms with Crippen molar-refractivity contribution < 1.29 is 4.74 Å². The predicted molar refractivity (Wildman–Crippen MR) is 78.5 cm³/mol. The predicted octanol–water partition coefficient (Wildman–Crippen LogP) is 3.23. The number of aryl methyl sites for hydroxylation is 2. The molecule has 1 heterocycles. The minimum atomic E-state index is 0.125. The summed E-state index contributed by atoms with van der Waals surface area (Å²) >= 11 is 0. The molecule has 19 heavy (non-hydrogen) atoms. The first-order valence-corrected chi connectivity index (χ1v) is 6.75. The Morgan fingerprint density at radius 1 is 1.16 bits per heavy atom. The normalized spacial score (nSPS) is 17.1. The molecule has 1 aliphatic heterocycles. The van der Waals surface area contributed by atoms with E-state index in [1.165, 1.54) is 27.8 Å². The maximum absolute atomic E-state index is 6.03. The zero-order valence-electron chi connectivity index (χ0n) is 11.4. The molecular weight excluding hydrogens is 234 g/mol. The van der Waals surface area contributed by atoms with Gasteiger partial charge >= 0.3 is 0 Å². The van der Waals surface area contributed by atoms with Crippen molar-refractivity contribution in [3.8, 4) is 16.9 Å². The van der Waals surface area contributed by atoms with E-state index in [1.807, 2.05) is 0 Å². The van der Waals surface area contributed by atoms with Crippen molar-refractivity contribution in [3.63, 3.8) is 0 Å². The molecule has 98 valence electrons. The lowest BCUT2D eigenvalue weighted by atomic mass is 9.95. The van der Waals surface area contributed by atoms with Crippen molar-refractivity contribution in [1.82, 2.24) is 0 Å². The summed E-state index contributed by atoms with van der Waals surface area (Å²) in [5.41, 5.74) is 12.0. The van der Waals surface area contributed by atoms with Gasteiger partial charge in [-0.15, -0.1) is 0 Å². The minimum Gasteiger partial charge on any atom is -0.488 e. The second kappa shape index (κ2) is 4.71. The highest BCUT2D eigenvalue weighted by molar-refractivity contribution is 5.76. The van der Waals surface area contributed by atoms with Crippen molar-refractivity contribution in [2.75, 3.05) is 6.54 Å². The van der Waals surface area contributed by atoms with Crippen LogP contribution in [0.1, 0.15) is 16.7 Å². The van der Waals surface area contributed by atoms with Crippen LogP contribution in [-0.4, -0.2) is 12.6 Å². The van der Waals surface area contributed by atoms with Crippen molar-refractivity contribution >= 4 is 0 Å². The number of nitrogens with two attached hydrogens (primary N) is 1. The molecule has 0 amide bonds. The molecule has 0 saturated carbocycles. The Hall–Kier alpha value is -1.80. The van der Waals surface area contributed by atoms with Crippen molar-refractivity contribution in [1.29, 1.82) is 0 Å². The molecule has 3 rings (SSSR count). The van der Waals surface area contributed by atoms with Crippen LogP contribution in [0.2, 0.25) is 0 Å². The smallest absolute Gasteiger partial charge is 0.130 e. The first-order chi connectivity index (χ1) is 9.19. The molecule has 0 aliphatic carbocycles. The highest BCUT2D eigenvalue weighted by atomic mass is 16.5. The number of benzene rings is 2. The second-order valence-corrected chi connectivity index (χ2v) is 5.30. The molecule has 2 N–H and O–H groups in total. The molecule has 0 unspecified atom stereocenters. The third-order valence-corrected chi connectivity index (χ3v) is 3.74. The fourth-order valence-electron chi connectivity index (χ4n) is 2.80. The molecule has 1 aliphatic rings. The molecular formula is C17H19NO. The summed E-state index contributed by atoms with van der Waals surface area (Å²) in [4.78, 5) is 0.